The van der Waals surface area contributed by atoms with Crippen molar-refractivity contribution in [3.8, 4) is 0 Å². The van der Waals surface area contributed by atoms with Crippen LogP contribution < -0.4 is 24.6 Å². The fourth-order valence-electron chi connectivity index (χ4n) is 3.33. The number of nitrogens with zero attached hydrogens (tertiary/aromatic N) is 1. The SMILES string of the molecule is CC(C)(C)C(=O)/C=c1/[nH]c(=O)/c(=C/c2cc3ccccc3[nH+]c2N2CCOCC2)s1. The first kappa shape index (κ1) is 20.5. The number of aromatic nitrogens is 2. The van der Waals surface area contributed by atoms with Crippen molar-refractivity contribution >= 4 is 46.0 Å². The molecular weight excluding hydrogens is 398 g/mol. The van der Waals surface area contributed by atoms with Crippen LogP contribution in [0, 0.1) is 5.41 Å². The molecule has 1 aliphatic heterocycles. The zero-order valence-corrected chi connectivity index (χ0v) is 18.3. The first-order chi connectivity index (χ1) is 14.3. The number of hydrogen-bond acceptors (Lipinski definition) is 5. The molecule has 0 radical (unpaired) electrons. The van der Waals surface area contributed by atoms with E-state index in [0.717, 1.165) is 35.4 Å². The smallest absolute Gasteiger partial charge is 0.282 e. The number of para-hydroxylation sites is 1. The van der Waals surface area contributed by atoms with Crippen LogP contribution in [0.1, 0.15) is 26.3 Å². The van der Waals surface area contributed by atoms with E-state index in [1.54, 1.807) is 0 Å². The summed E-state index contributed by atoms with van der Waals surface area (Å²) in [6.45, 7) is 8.52. The lowest BCUT2D eigenvalue weighted by Crippen LogP contribution is -2.40. The zero-order chi connectivity index (χ0) is 21.3. The number of carbonyl (C=O) groups excluding carboxylic acids is 1. The summed E-state index contributed by atoms with van der Waals surface area (Å²) in [5.41, 5.74) is 1.31. The van der Waals surface area contributed by atoms with Crippen molar-refractivity contribution in [3.05, 3.63) is 55.4 Å². The van der Waals surface area contributed by atoms with Gasteiger partial charge in [-0.1, -0.05) is 39.0 Å². The summed E-state index contributed by atoms with van der Waals surface area (Å²) in [5, 5.41) is 1.07. The highest BCUT2D eigenvalue weighted by Gasteiger charge is 2.23. The second kappa shape index (κ2) is 8.16. The maximum Gasteiger partial charge on any atom is 0.282 e. The number of aromatic amines is 2. The summed E-state index contributed by atoms with van der Waals surface area (Å²) in [6, 6.07) is 10.2. The van der Waals surface area contributed by atoms with Gasteiger partial charge in [-0.15, -0.1) is 11.3 Å². The van der Waals surface area contributed by atoms with Crippen LogP contribution in [0.15, 0.2) is 35.1 Å². The molecule has 0 amide bonds. The standard InChI is InChI=1S/C23H25N3O3S/c1-23(2,3)19(27)14-20-25-22(28)18(30-20)13-16-12-15-6-4-5-7-17(15)24-21(16)26-8-10-29-11-9-26/h4-7,12-14H,8-11H2,1-3H3,(H,25,28)/p+1/b18-13-,20-14-. The van der Waals surface area contributed by atoms with Gasteiger partial charge in [-0.05, 0) is 18.2 Å². The average Bonchev–Trinajstić information content (AvgIpc) is 3.06. The normalized spacial score (nSPS) is 16.4. The van der Waals surface area contributed by atoms with Crippen LogP contribution in [0.25, 0.3) is 23.1 Å². The Morgan fingerprint density at radius 3 is 2.70 bits per heavy atom. The van der Waals surface area contributed by atoms with E-state index >= 15 is 0 Å². The molecule has 30 heavy (non-hydrogen) atoms. The first-order valence-corrected chi connectivity index (χ1v) is 10.9. The van der Waals surface area contributed by atoms with Gasteiger partial charge < -0.3 is 9.72 Å². The van der Waals surface area contributed by atoms with Crippen molar-refractivity contribution in [3.63, 3.8) is 0 Å². The van der Waals surface area contributed by atoms with Gasteiger partial charge in [-0.3, -0.25) is 14.5 Å². The Hall–Kier alpha value is -2.77. The number of rotatable bonds is 3. The third kappa shape index (κ3) is 4.37. The molecule has 3 aromatic rings. The number of nitrogens with one attached hydrogen (secondary N) is 2. The van der Waals surface area contributed by atoms with Crippen molar-refractivity contribution < 1.29 is 14.5 Å². The maximum absolute atomic E-state index is 12.6. The highest BCUT2D eigenvalue weighted by Crippen LogP contribution is 2.21. The van der Waals surface area contributed by atoms with E-state index in [1.807, 2.05) is 51.1 Å². The Morgan fingerprint density at radius 1 is 1.23 bits per heavy atom. The zero-order valence-electron chi connectivity index (χ0n) is 17.5. The van der Waals surface area contributed by atoms with Crippen LogP contribution in [-0.4, -0.2) is 37.1 Å². The molecule has 2 N–H and O–H groups in total. The maximum atomic E-state index is 12.6. The Balaban J connectivity index is 1.85. The summed E-state index contributed by atoms with van der Waals surface area (Å²) < 4.78 is 6.64. The number of benzene rings is 1. The molecule has 1 saturated heterocycles. The molecule has 6 nitrogen and oxygen atoms in total. The number of ether oxygens (including phenoxy) is 1. The molecule has 0 atom stereocenters. The van der Waals surface area contributed by atoms with Gasteiger partial charge in [0.2, 0.25) is 0 Å². The molecule has 2 aromatic heterocycles. The third-order valence-corrected chi connectivity index (χ3v) is 6.06. The molecular formula is C23H26N3O3S+. The van der Waals surface area contributed by atoms with Gasteiger partial charge in [-0.25, -0.2) is 4.98 Å². The first-order valence-electron chi connectivity index (χ1n) is 10.1. The minimum Gasteiger partial charge on any atom is -0.373 e. The summed E-state index contributed by atoms with van der Waals surface area (Å²) in [4.78, 5) is 33.5. The molecule has 0 aliphatic carbocycles. The highest BCUT2D eigenvalue weighted by atomic mass is 32.1. The van der Waals surface area contributed by atoms with Crippen LogP contribution in [-0.2, 0) is 9.53 Å². The van der Waals surface area contributed by atoms with E-state index in [9.17, 15) is 9.59 Å². The van der Waals surface area contributed by atoms with Crippen molar-refractivity contribution in [2.24, 2.45) is 5.41 Å². The Labute approximate surface area is 178 Å². The Kier molecular flexibility index (Phi) is 5.58. The lowest BCUT2D eigenvalue weighted by atomic mass is 9.91. The summed E-state index contributed by atoms with van der Waals surface area (Å²) in [5.74, 6) is 0.959. The summed E-state index contributed by atoms with van der Waals surface area (Å²) >= 11 is 1.30. The summed E-state index contributed by atoms with van der Waals surface area (Å²) in [7, 11) is 0. The number of H-pyrrole nitrogens is 2. The van der Waals surface area contributed by atoms with E-state index in [1.165, 1.54) is 17.4 Å². The molecule has 1 aliphatic rings. The molecule has 0 unspecified atom stereocenters. The largest absolute Gasteiger partial charge is 0.373 e. The number of morpholine rings is 1. The number of ketones is 1. The Morgan fingerprint density at radius 2 is 1.97 bits per heavy atom. The topological polar surface area (TPSA) is 76.5 Å². The second-order valence-corrected chi connectivity index (χ2v) is 9.53. The van der Waals surface area contributed by atoms with E-state index < -0.39 is 5.41 Å². The molecule has 0 bridgehead atoms. The third-order valence-electron chi connectivity index (χ3n) is 5.09. The van der Waals surface area contributed by atoms with Crippen molar-refractivity contribution in [2.45, 2.75) is 20.8 Å². The van der Waals surface area contributed by atoms with Gasteiger partial charge >= 0.3 is 0 Å². The summed E-state index contributed by atoms with van der Waals surface area (Å²) in [6.07, 6.45) is 3.43. The Bertz CT molecular complexity index is 1260. The van der Waals surface area contributed by atoms with Gasteiger partial charge in [0, 0.05) is 16.9 Å². The monoisotopic (exact) mass is 424 g/mol. The lowest BCUT2D eigenvalue weighted by molar-refractivity contribution is -0.331. The van der Waals surface area contributed by atoms with Crippen LogP contribution in [0.4, 0.5) is 5.82 Å². The molecule has 3 heterocycles. The van der Waals surface area contributed by atoms with E-state index in [4.69, 9.17) is 4.74 Å². The molecule has 156 valence electrons. The fourth-order valence-corrected chi connectivity index (χ4v) is 4.21. The van der Waals surface area contributed by atoms with Crippen LogP contribution in [0.2, 0.25) is 0 Å². The number of pyridine rings is 1. The number of carbonyl (C=O) groups is 1. The molecule has 0 saturated carbocycles. The van der Waals surface area contributed by atoms with E-state index in [-0.39, 0.29) is 11.3 Å². The number of anilines is 1. The molecule has 1 aromatic carbocycles. The minimum atomic E-state index is -0.485. The second-order valence-electron chi connectivity index (χ2n) is 8.45. The number of Topliss-reactive ketones (excluding diaryl/α,β-unsaturated/α-hetero) is 1. The van der Waals surface area contributed by atoms with Gasteiger partial charge in [0.1, 0.15) is 18.6 Å². The average molecular weight is 425 g/mol. The molecule has 4 rings (SSSR count). The van der Waals surface area contributed by atoms with E-state index in [0.29, 0.717) is 22.4 Å². The van der Waals surface area contributed by atoms with Crippen molar-refractivity contribution in [1.29, 1.82) is 0 Å². The van der Waals surface area contributed by atoms with Gasteiger partial charge in [0.15, 0.2) is 5.78 Å². The van der Waals surface area contributed by atoms with Crippen molar-refractivity contribution in [2.75, 3.05) is 31.2 Å². The predicted molar refractivity (Wildman–Crippen MR) is 120 cm³/mol. The quantitative estimate of drug-likeness (QED) is 0.691. The molecule has 1 fully saturated rings. The van der Waals surface area contributed by atoms with E-state index in [2.05, 4.69) is 20.9 Å². The fraction of sp³-hybridized carbons (Fsp3) is 0.348. The van der Waals surface area contributed by atoms with Gasteiger partial charge in [-0.2, -0.15) is 0 Å². The number of thiazole rings is 1. The van der Waals surface area contributed by atoms with Gasteiger partial charge in [0.25, 0.3) is 11.4 Å². The van der Waals surface area contributed by atoms with Crippen LogP contribution in [0.3, 0.4) is 0 Å². The molecule has 7 heteroatoms. The minimum absolute atomic E-state index is 0.0143. The highest BCUT2D eigenvalue weighted by molar-refractivity contribution is 7.07. The van der Waals surface area contributed by atoms with Gasteiger partial charge in [0.05, 0.1) is 28.0 Å². The molecule has 0 spiro atoms. The van der Waals surface area contributed by atoms with Crippen LogP contribution in [0.5, 0.6) is 0 Å². The van der Waals surface area contributed by atoms with Crippen LogP contribution >= 0.6 is 11.3 Å². The number of hydrogen-bond donors (Lipinski definition) is 1. The lowest BCUT2D eigenvalue weighted by Gasteiger charge is -2.22. The predicted octanol–water partition coefficient (Wildman–Crippen LogP) is 1.46. The number of fused-ring (bicyclic) bond motifs is 1. The van der Waals surface area contributed by atoms with Crippen molar-refractivity contribution in [1.82, 2.24) is 4.98 Å².